The molecule has 1 aromatic carbocycles. The second-order valence-electron chi connectivity index (χ2n) is 5.76. The Labute approximate surface area is 128 Å². The summed E-state index contributed by atoms with van der Waals surface area (Å²) < 4.78 is 28.1. The van der Waals surface area contributed by atoms with E-state index in [-0.39, 0.29) is 12.8 Å². The summed E-state index contributed by atoms with van der Waals surface area (Å²) in [6.45, 7) is 1.49. The topological polar surface area (TPSA) is 69.6 Å². The van der Waals surface area contributed by atoms with E-state index in [2.05, 4.69) is 5.32 Å². The van der Waals surface area contributed by atoms with E-state index in [9.17, 15) is 23.8 Å². The minimum absolute atomic E-state index is 0.0948. The van der Waals surface area contributed by atoms with Crippen LogP contribution in [0, 0.1) is 0 Å². The molecule has 0 heterocycles. The van der Waals surface area contributed by atoms with Crippen LogP contribution in [0.5, 0.6) is 0 Å². The van der Waals surface area contributed by atoms with Gasteiger partial charge in [0.2, 0.25) is 0 Å². The van der Waals surface area contributed by atoms with Gasteiger partial charge in [0.1, 0.15) is 5.60 Å². The first kappa shape index (κ1) is 16.8. The molecule has 1 aliphatic carbocycles. The van der Waals surface area contributed by atoms with Crippen molar-refractivity contribution >= 4 is 5.91 Å². The molecule has 1 saturated carbocycles. The summed E-state index contributed by atoms with van der Waals surface area (Å²) in [4.78, 5) is 11.8. The molecule has 1 fully saturated rings. The Hall–Kier alpha value is -1.53. The maximum atomic E-state index is 14.0. The molecule has 0 spiro atoms. The maximum Gasteiger partial charge on any atom is 0.352 e. The molecule has 0 aromatic heterocycles. The first-order valence-corrected chi connectivity index (χ1v) is 7.45. The number of carbonyl (C=O) groups is 1. The Morgan fingerprint density at radius 1 is 1.36 bits per heavy atom. The average molecular weight is 313 g/mol. The molecule has 3 N–H and O–H groups in total. The van der Waals surface area contributed by atoms with E-state index in [1.54, 1.807) is 12.1 Å². The highest BCUT2D eigenvalue weighted by molar-refractivity contribution is 5.85. The lowest BCUT2D eigenvalue weighted by Crippen LogP contribution is -2.61. The Bertz CT molecular complexity index is 527. The van der Waals surface area contributed by atoms with E-state index in [4.69, 9.17) is 0 Å². The fourth-order valence-electron chi connectivity index (χ4n) is 2.51. The number of aliphatic hydroxyl groups is 2. The van der Waals surface area contributed by atoms with Crippen LogP contribution < -0.4 is 5.32 Å². The van der Waals surface area contributed by atoms with E-state index >= 15 is 0 Å². The van der Waals surface area contributed by atoms with Crippen LogP contribution in [0.1, 0.15) is 43.4 Å². The van der Waals surface area contributed by atoms with Crippen molar-refractivity contribution in [2.45, 2.75) is 50.2 Å². The van der Waals surface area contributed by atoms with Crippen molar-refractivity contribution in [1.29, 1.82) is 0 Å². The predicted octanol–water partition coefficient (Wildman–Crippen LogP) is 1.95. The number of hydrogen-bond acceptors (Lipinski definition) is 3. The summed E-state index contributed by atoms with van der Waals surface area (Å²) in [6.07, 6.45) is 1.12. The number of carbonyl (C=O) groups excluding carboxylic acids is 1. The second-order valence-corrected chi connectivity index (χ2v) is 5.76. The number of aryl methyl sites for hydroxylation is 1. The first-order valence-electron chi connectivity index (χ1n) is 7.45. The highest BCUT2D eigenvalue weighted by atomic mass is 19.3. The highest BCUT2D eigenvalue weighted by Crippen LogP contribution is 2.44. The van der Waals surface area contributed by atoms with Crippen molar-refractivity contribution in [3.05, 3.63) is 35.4 Å². The SMILES string of the molecule is CCc1ccc(C(CO)NC(=O)C(F)(F)C2(O)CCC2)cc1. The zero-order valence-corrected chi connectivity index (χ0v) is 12.5. The van der Waals surface area contributed by atoms with E-state index in [0.717, 1.165) is 12.0 Å². The van der Waals surface area contributed by atoms with Gasteiger partial charge in [-0.05, 0) is 36.8 Å². The van der Waals surface area contributed by atoms with E-state index in [1.807, 2.05) is 19.1 Å². The lowest BCUT2D eigenvalue weighted by Gasteiger charge is -2.41. The van der Waals surface area contributed by atoms with Crippen LogP contribution in [0.3, 0.4) is 0 Å². The molecule has 1 unspecified atom stereocenters. The van der Waals surface area contributed by atoms with E-state index in [1.165, 1.54) is 0 Å². The fourth-order valence-corrected chi connectivity index (χ4v) is 2.51. The molecule has 122 valence electrons. The summed E-state index contributed by atoms with van der Waals surface area (Å²) in [6, 6.07) is 6.10. The lowest BCUT2D eigenvalue weighted by atomic mass is 9.75. The summed E-state index contributed by atoms with van der Waals surface area (Å²) in [5.74, 6) is -5.41. The van der Waals surface area contributed by atoms with Crippen LogP contribution in [0.15, 0.2) is 24.3 Å². The maximum absolute atomic E-state index is 14.0. The fraction of sp³-hybridized carbons (Fsp3) is 0.562. The molecule has 4 nitrogen and oxygen atoms in total. The molecule has 6 heteroatoms. The van der Waals surface area contributed by atoms with Gasteiger partial charge in [0, 0.05) is 0 Å². The number of halogens is 2. The van der Waals surface area contributed by atoms with Crippen LogP contribution in [-0.4, -0.2) is 34.3 Å². The summed E-state index contributed by atoms with van der Waals surface area (Å²) in [5.41, 5.74) is -0.645. The van der Waals surface area contributed by atoms with Crippen LogP contribution in [0.25, 0.3) is 0 Å². The van der Waals surface area contributed by atoms with Crippen LogP contribution >= 0.6 is 0 Å². The van der Waals surface area contributed by atoms with Gasteiger partial charge in [-0.3, -0.25) is 4.79 Å². The predicted molar refractivity (Wildman–Crippen MR) is 77.5 cm³/mol. The van der Waals surface area contributed by atoms with Gasteiger partial charge in [-0.25, -0.2) is 0 Å². The molecule has 1 aliphatic rings. The molecule has 22 heavy (non-hydrogen) atoms. The van der Waals surface area contributed by atoms with Gasteiger partial charge in [-0.15, -0.1) is 0 Å². The van der Waals surface area contributed by atoms with Crippen molar-refractivity contribution < 1.29 is 23.8 Å². The molecule has 1 aromatic rings. The molecule has 1 atom stereocenters. The molecule has 0 radical (unpaired) electrons. The monoisotopic (exact) mass is 313 g/mol. The Balaban J connectivity index is 2.10. The van der Waals surface area contributed by atoms with Gasteiger partial charge < -0.3 is 15.5 Å². The van der Waals surface area contributed by atoms with Gasteiger partial charge in [-0.1, -0.05) is 31.2 Å². The van der Waals surface area contributed by atoms with Gasteiger partial charge in [-0.2, -0.15) is 8.78 Å². The summed E-state index contributed by atoms with van der Waals surface area (Å²) >= 11 is 0. The van der Waals surface area contributed by atoms with Gasteiger partial charge in [0.25, 0.3) is 5.91 Å². The number of nitrogens with one attached hydrogen (secondary N) is 1. The van der Waals surface area contributed by atoms with Crippen molar-refractivity contribution in [2.24, 2.45) is 0 Å². The Morgan fingerprint density at radius 3 is 2.36 bits per heavy atom. The van der Waals surface area contributed by atoms with Crippen molar-refractivity contribution in [1.82, 2.24) is 5.32 Å². The van der Waals surface area contributed by atoms with Gasteiger partial charge in [0.15, 0.2) is 0 Å². The van der Waals surface area contributed by atoms with Crippen molar-refractivity contribution in [3.8, 4) is 0 Å². The number of hydrogen-bond donors (Lipinski definition) is 3. The second kappa shape index (κ2) is 6.30. The largest absolute Gasteiger partial charge is 0.394 e. The number of rotatable bonds is 6. The normalized spacial score (nSPS) is 18.4. The molecular formula is C16H21F2NO3. The third-order valence-corrected chi connectivity index (χ3v) is 4.33. The Morgan fingerprint density at radius 2 is 1.95 bits per heavy atom. The number of amides is 1. The quantitative estimate of drug-likeness (QED) is 0.752. The van der Waals surface area contributed by atoms with E-state index in [0.29, 0.717) is 12.0 Å². The molecule has 0 saturated heterocycles. The molecule has 2 rings (SSSR count). The average Bonchev–Trinajstić information content (AvgIpc) is 2.49. The zero-order valence-electron chi connectivity index (χ0n) is 12.5. The molecule has 0 aliphatic heterocycles. The molecule has 1 amide bonds. The third kappa shape index (κ3) is 2.98. The highest BCUT2D eigenvalue weighted by Gasteiger charge is 2.61. The summed E-state index contributed by atoms with van der Waals surface area (Å²) in [5, 5.41) is 21.3. The minimum atomic E-state index is -3.86. The first-order chi connectivity index (χ1) is 10.3. The smallest absolute Gasteiger partial charge is 0.352 e. The minimum Gasteiger partial charge on any atom is -0.394 e. The third-order valence-electron chi connectivity index (χ3n) is 4.33. The molecular weight excluding hydrogens is 292 g/mol. The van der Waals surface area contributed by atoms with Crippen molar-refractivity contribution in [2.75, 3.05) is 6.61 Å². The summed E-state index contributed by atoms with van der Waals surface area (Å²) in [7, 11) is 0. The van der Waals surface area contributed by atoms with E-state index < -0.39 is 30.1 Å². The standard InChI is InChI=1S/C16H21F2NO3/c1-2-11-4-6-12(7-5-11)13(10-20)19-14(21)16(17,18)15(22)8-3-9-15/h4-7,13,20,22H,2-3,8-10H2,1H3,(H,19,21). The molecule has 0 bridgehead atoms. The lowest BCUT2D eigenvalue weighted by molar-refractivity contribution is -0.216. The van der Waals surface area contributed by atoms with Crippen LogP contribution in [-0.2, 0) is 11.2 Å². The van der Waals surface area contributed by atoms with Crippen LogP contribution in [0.2, 0.25) is 0 Å². The number of alkyl halides is 2. The number of aliphatic hydroxyl groups excluding tert-OH is 1. The van der Waals surface area contributed by atoms with Crippen LogP contribution in [0.4, 0.5) is 8.78 Å². The van der Waals surface area contributed by atoms with Gasteiger partial charge in [0.05, 0.1) is 12.6 Å². The number of benzene rings is 1. The van der Waals surface area contributed by atoms with Gasteiger partial charge >= 0.3 is 5.92 Å². The zero-order chi connectivity index (χ0) is 16.4. The Kier molecular flexibility index (Phi) is 4.82. The van der Waals surface area contributed by atoms with Crippen molar-refractivity contribution in [3.63, 3.8) is 0 Å².